The molecule has 6 heteroatoms. The van der Waals surface area contributed by atoms with E-state index < -0.39 is 28.9 Å². The van der Waals surface area contributed by atoms with Gasteiger partial charge in [-0.1, -0.05) is 0 Å². The van der Waals surface area contributed by atoms with Crippen LogP contribution in [0.25, 0.3) is 0 Å². The Balaban J connectivity index is 3.55. The van der Waals surface area contributed by atoms with E-state index >= 15 is 0 Å². The van der Waals surface area contributed by atoms with Gasteiger partial charge >= 0.3 is 6.18 Å². The Hall–Kier alpha value is -1.90. The molecule has 84 valence electrons. The summed E-state index contributed by atoms with van der Waals surface area (Å²) in [7, 11) is 0. The first kappa shape index (κ1) is 12.2. The monoisotopic (exact) mass is 231 g/mol. The third-order valence-corrected chi connectivity index (χ3v) is 1.90. The van der Waals surface area contributed by atoms with Crippen LogP contribution in [-0.2, 0) is 6.18 Å². The van der Waals surface area contributed by atoms with E-state index in [-0.39, 0.29) is 5.56 Å². The van der Waals surface area contributed by atoms with Crippen LogP contribution < -0.4 is 0 Å². The maximum Gasteiger partial charge on any atom is 0.420 e. The number of hydrogen-bond donors (Lipinski definition) is 0. The Labute approximate surface area is 88.1 Å². The molecule has 2 nitrogen and oxygen atoms in total. The number of Topliss-reactive ketones (excluding diaryl/α,β-unsaturated/α-hetero) is 1. The molecule has 0 unspecified atom stereocenters. The van der Waals surface area contributed by atoms with Crippen molar-refractivity contribution < 1.29 is 22.4 Å². The Morgan fingerprint density at radius 3 is 2.31 bits per heavy atom. The Kier molecular flexibility index (Phi) is 2.99. The van der Waals surface area contributed by atoms with E-state index in [1.54, 1.807) is 0 Å². The van der Waals surface area contributed by atoms with Crippen molar-refractivity contribution in [1.29, 1.82) is 5.26 Å². The van der Waals surface area contributed by atoms with Crippen molar-refractivity contribution in [2.45, 2.75) is 13.1 Å². The molecule has 1 aromatic carbocycles. The molecule has 0 fully saturated rings. The molecule has 0 aliphatic heterocycles. The highest BCUT2D eigenvalue weighted by Gasteiger charge is 2.37. The van der Waals surface area contributed by atoms with Gasteiger partial charge in [-0.05, 0) is 19.1 Å². The van der Waals surface area contributed by atoms with Crippen LogP contribution >= 0.6 is 0 Å². The van der Waals surface area contributed by atoms with Gasteiger partial charge in [0.25, 0.3) is 0 Å². The van der Waals surface area contributed by atoms with Crippen LogP contribution in [0.4, 0.5) is 17.6 Å². The molecule has 0 aromatic heterocycles. The van der Waals surface area contributed by atoms with Crippen LogP contribution in [0.15, 0.2) is 12.1 Å². The van der Waals surface area contributed by atoms with Crippen LogP contribution in [0.2, 0.25) is 0 Å². The molecule has 0 aliphatic rings. The summed E-state index contributed by atoms with van der Waals surface area (Å²) in [6.45, 7) is 1.07. The van der Waals surface area contributed by atoms with Crippen molar-refractivity contribution in [3.8, 4) is 6.07 Å². The molecule has 16 heavy (non-hydrogen) atoms. The van der Waals surface area contributed by atoms with Crippen molar-refractivity contribution in [2.24, 2.45) is 0 Å². The summed E-state index contributed by atoms with van der Waals surface area (Å²) in [6, 6.07) is 2.43. The number of rotatable bonds is 1. The summed E-state index contributed by atoms with van der Waals surface area (Å²) >= 11 is 0. The van der Waals surface area contributed by atoms with E-state index in [2.05, 4.69) is 0 Å². The lowest BCUT2D eigenvalue weighted by Crippen LogP contribution is -2.12. The predicted octanol–water partition coefficient (Wildman–Crippen LogP) is 2.92. The average Bonchev–Trinajstić information content (AvgIpc) is 2.14. The first-order valence-corrected chi connectivity index (χ1v) is 4.09. The maximum absolute atomic E-state index is 13.1. The molecule has 0 radical (unpaired) electrons. The molecular formula is C10H5F4NO. The minimum absolute atomic E-state index is 0.262. The van der Waals surface area contributed by atoms with E-state index in [4.69, 9.17) is 5.26 Å². The van der Waals surface area contributed by atoms with Crippen molar-refractivity contribution in [2.75, 3.05) is 0 Å². The van der Waals surface area contributed by atoms with Crippen molar-refractivity contribution in [3.05, 3.63) is 34.6 Å². The van der Waals surface area contributed by atoms with E-state index in [0.29, 0.717) is 6.07 Å². The zero-order valence-corrected chi connectivity index (χ0v) is 8.02. The molecule has 0 bridgehead atoms. The van der Waals surface area contributed by atoms with Crippen LogP contribution in [0.5, 0.6) is 0 Å². The van der Waals surface area contributed by atoms with Crippen molar-refractivity contribution >= 4 is 5.78 Å². The normalized spacial score (nSPS) is 11.0. The van der Waals surface area contributed by atoms with Crippen LogP contribution in [0.3, 0.4) is 0 Å². The largest absolute Gasteiger partial charge is 0.420 e. The third kappa shape index (κ3) is 2.19. The van der Waals surface area contributed by atoms with E-state index in [0.717, 1.165) is 13.0 Å². The quantitative estimate of drug-likeness (QED) is 0.550. The van der Waals surface area contributed by atoms with Crippen LogP contribution in [0.1, 0.15) is 28.4 Å². The van der Waals surface area contributed by atoms with Gasteiger partial charge in [0.05, 0.1) is 11.6 Å². The maximum atomic E-state index is 13.1. The van der Waals surface area contributed by atoms with Gasteiger partial charge in [-0.15, -0.1) is 0 Å². The topological polar surface area (TPSA) is 40.9 Å². The second-order valence-corrected chi connectivity index (χ2v) is 3.05. The fraction of sp³-hybridized carbons (Fsp3) is 0.200. The molecule has 0 saturated carbocycles. The molecule has 0 N–H and O–H groups in total. The molecule has 1 aromatic rings. The third-order valence-electron chi connectivity index (χ3n) is 1.90. The van der Waals surface area contributed by atoms with Gasteiger partial charge in [-0.3, -0.25) is 4.79 Å². The summed E-state index contributed by atoms with van der Waals surface area (Å²) in [5.41, 5.74) is -2.79. The van der Waals surface area contributed by atoms with Gasteiger partial charge in [-0.25, -0.2) is 4.39 Å². The lowest BCUT2D eigenvalue weighted by Gasteiger charge is -2.10. The number of alkyl halides is 3. The second kappa shape index (κ2) is 3.93. The molecule has 1 rings (SSSR count). The standard InChI is InChI=1S/C10H5F4NO/c1-5(16)6-2-7(4-15)9(8(11)3-6)10(12,13)14/h2-3H,1H3. The lowest BCUT2D eigenvalue weighted by molar-refractivity contribution is -0.140. The first-order chi connectivity index (χ1) is 7.27. The van der Waals surface area contributed by atoms with E-state index in [9.17, 15) is 22.4 Å². The highest BCUT2D eigenvalue weighted by molar-refractivity contribution is 5.94. The van der Waals surface area contributed by atoms with Gasteiger partial charge in [0.2, 0.25) is 0 Å². The minimum atomic E-state index is -4.95. The van der Waals surface area contributed by atoms with Gasteiger partial charge < -0.3 is 0 Å². The number of halogens is 4. The van der Waals surface area contributed by atoms with E-state index in [1.807, 2.05) is 0 Å². The molecular weight excluding hydrogens is 226 g/mol. The van der Waals surface area contributed by atoms with Crippen molar-refractivity contribution in [1.82, 2.24) is 0 Å². The second-order valence-electron chi connectivity index (χ2n) is 3.05. The lowest BCUT2D eigenvalue weighted by atomic mass is 10.0. The predicted molar refractivity (Wildman–Crippen MR) is 46.1 cm³/mol. The molecule has 0 aliphatic carbocycles. The smallest absolute Gasteiger partial charge is 0.295 e. The summed E-state index contributed by atoms with van der Waals surface area (Å²) in [4.78, 5) is 10.9. The van der Waals surface area contributed by atoms with Crippen LogP contribution in [0, 0.1) is 17.1 Å². The minimum Gasteiger partial charge on any atom is -0.295 e. The first-order valence-electron chi connectivity index (χ1n) is 4.09. The number of hydrogen-bond acceptors (Lipinski definition) is 2. The fourth-order valence-corrected chi connectivity index (χ4v) is 1.19. The van der Waals surface area contributed by atoms with E-state index in [1.165, 1.54) is 6.07 Å². The SMILES string of the molecule is CC(=O)c1cc(F)c(C(F)(F)F)c(C#N)c1. The number of nitrogens with zero attached hydrogens (tertiary/aromatic N) is 1. The number of ketones is 1. The van der Waals surface area contributed by atoms with Gasteiger partial charge in [-0.2, -0.15) is 18.4 Å². The number of benzene rings is 1. The van der Waals surface area contributed by atoms with Crippen molar-refractivity contribution in [3.63, 3.8) is 0 Å². The zero-order valence-electron chi connectivity index (χ0n) is 8.02. The van der Waals surface area contributed by atoms with Gasteiger partial charge in [0.15, 0.2) is 5.78 Å². The summed E-state index contributed by atoms with van der Waals surface area (Å²) in [5.74, 6) is -2.22. The summed E-state index contributed by atoms with van der Waals surface area (Å²) in [5, 5.41) is 8.48. The Morgan fingerprint density at radius 2 is 1.94 bits per heavy atom. The summed E-state index contributed by atoms with van der Waals surface area (Å²) < 4.78 is 50.2. The molecule has 0 amide bonds. The molecule has 0 spiro atoms. The number of carbonyl (C=O) groups is 1. The molecule has 0 atom stereocenters. The zero-order chi connectivity index (χ0) is 12.5. The Bertz CT molecular complexity index is 485. The highest BCUT2D eigenvalue weighted by Crippen LogP contribution is 2.34. The fourth-order valence-electron chi connectivity index (χ4n) is 1.19. The van der Waals surface area contributed by atoms with Crippen LogP contribution in [-0.4, -0.2) is 5.78 Å². The molecule has 0 heterocycles. The molecule has 0 saturated heterocycles. The highest BCUT2D eigenvalue weighted by atomic mass is 19.4. The van der Waals surface area contributed by atoms with Gasteiger partial charge in [0.1, 0.15) is 11.4 Å². The Morgan fingerprint density at radius 1 is 1.38 bits per heavy atom. The summed E-state index contributed by atoms with van der Waals surface area (Å²) in [6.07, 6.45) is -4.95. The van der Waals surface area contributed by atoms with Gasteiger partial charge in [0, 0.05) is 5.56 Å². The number of nitriles is 1. The average molecular weight is 231 g/mol. The number of carbonyl (C=O) groups excluding carboxylic acids is 1.